The number of carboxylic acid groups (broad SMARTS) is 1. The van der Waals surface area contributed by atoms with E-state index in [1.54, 1.807) is 0 Å². The van der Waals surface area contributed by atoms with Gasteiger partial charge in [-0.1, -0.05) is 0 Å². The molecule has 0 radical (unpaired) electrons. The van der Waals surface area contributed by atoms with E-state index in [0.717, 1.165) is 0 Å². The zero-order chi connectivity index (χ0) is 8.48. The fraction of sp³-hybridized carbons (Fsp3) is 0.714. The van der Waals surface area contributed by atoms with Crippen molar-refractivity contribution in [2.45, 2.75) is 31.3 Å². The Morgan fingerprint density at radius 1 is 1.45 bits per heavy atom. The van der Waals surface area contributed by atoms with E-state index in [-0.39, 0.29) is 12.8 Å². The van der Waals surface area contributed by atoms with Crippen LogP contribution >= 0.6 is 0 Å². The van der Waals surface area contributed by atoms with Crippen LogP contribution in [-0.2, 0) is 9.59 Å². The Hall–Kier alpha value is -0.900. The zero-order valence-electron chi connectivity index (χ0n) is 6.04. The average Bonchev–Trinajstić information content (AvgIpc) is 1.95. The molecular weight excluding hydrogens is 148 g/mol. The van der Waals surface area contributed by atoms with Crippen molar-refractivity contribution in [1.82, 2.24) is 0 Å². The summed E-state index contributed by atoms with van der Waals surface area (Å²) in [6.45, 7) is 0. The van der Waals surface area contributed by atoms with Gasteiger partial charge < -0.3 is 10.2 Å². The molecule has 0 spiro atoms. The van der Waals surface area contributed by atoms with Crippen LogP contribution in [-0.4, -0.2) is 27.6 Å². The third kappa shape index (κ3) is 1.26. The van der Waals surface area contributed by atoms with E-state index in [9.17, 15) is 14.7 Å². The van der Waals surface area contributed by atoms with Crippen molar-refractivity contribution in [1.29, 1.82) is 0 Å². The van der Waals surface area contributed by atoms with Crippen molar-refractivity contribution in [3.8, 4) is 0 Å². The first kappa shape index (κ1) is 8.20. The summed E-state index contributed by atoms with van der Waals surface area (Å²) in [5, 5.41) is 17.8. The van der Waals surface area contributed by atoms with Crippen LogP contribution < -0.4 is 0 Å². The van der Waals surface area contributed by atoms with Gasteiger partial charge in [0.2, 0.25) is 5.60 Å². The Balaban J connectivity index is 2.81. The normalized spacial score (nSPS) is 31.9. The second-order valence-corrected chi connectivity index (χ2v) is 2.80. The van der Waals surface area contributed by atoms with Gasteiger partial charge in [0.15, 0.2) is 5.78 Å². The summed E-state index contributed by atoms with van der Waals surface area (Å²) in [6, 6.07) is 0. The molecule has 11 heavy (non-hydrogen) atoms. The first-order valence-corrected chi connectivity index (χ1v) is 3.56. The summed E-state index contributed by atoms with van der Waals surface area (Å²) < 4.78 is 0. The predicted octanol–water partition coefficient (Wildman–Crippen LogP) is -0.0548. The predicted molar refractivity (Wildman–Crippen MR) is 36.1 cm³/mol. The molecule has 1 atom stereocenters. The highest BCUT2D eigenvalue weighted by Gasteiger charge is 2.44. The fourth-order valence-corrected chi connectivity index (χ4v) is 1.24. The largest absolute Gasteiger partial charge is 0.479 e. The number of aliphatic carboxylic acids is 1. The quantitative estimate of drug-likeness (QED) is 0.524. The standard InChI is InChI=1S/C7H10O4/c8-5-3-1-2-4-7(5,11)6(9)10/h11H,1-4H2,(H,9,10). The monoisotopic (exact) mass is 158 g/mol. The molecule has 1 unspecified atom stereocenters. The summed E-state index contributed by atoms with van der Waals surface area (Å²) in [4.78, 5) is 21.3. The molecule has 62 valence electrons. The maximum absolute atomic E-state index is 10.9. The first-order chi connectivity index (χ1) is 5.07. The summed E-state index contributed by atoms with van der Waals surface area (Å²) in [7, 11) is 0. The molecule has 0 heterocycles. The minimum Gasteiger partial charge on any atom is -0.479 e. The van der Waals surface area contributed by atoms with E-state index in [0.29, 0.717) is 12.8 Å². The highest BCUT2D eigenvalue weighted by molar-refractivity contribution is 6.06. The third-order valence-electron chi connectivity index (χ3n) is 2.01. The van der Waals surface area contributed by atoms with Crippen LogP contribution in [0.25, 0.3) is 0 Å². The highest BCUT2D eigenvalue weighted by atomic mass is 16.4. The number of Topliss-reactive ketones (excluding diaryl/α,β-unsaturated/α-hetero) is 1. The number of carbonyl (C=O) groups excluding carboxylic acids is 1. The summed E-state index contributed by atoms with van der Waals surface area (Å²) in [5.74, 6) is -1.97. The Bertz CT molecular complexity index is 199. The summed E-state index contributed by atoms with van der Waals surface area (Å²) >= 11 is 0. The number of rotatable bonds is 1. The second kappa shape index (κ2) is 2.62. The summed E-state index contributed by atoms with van der Waals surface area (Å²) in [5.41, 5.74) is -2.09. The molecule has 1 rings (SSSR count). The molecule has 1 saturated carbocycles. The van der Waals surface area contributed by atoms with Gasteiger partial charge in [0.25, 0.3) is 0 Å². The van der Waals surface area contributed by atoms with Crippen LogP contribution in [0.5, 0.6) is 0 Å². The fourth-order valence-electron chi connectivity index (χ4n) is 1.24. The lowest BCUT2D eigenvalue weighted by molar-refractivity contribution is -0.167. The van der Waals surface area contributed by atoms with E-state index in [2.05, 4.69) is 0 Å². The second-order valence-electron chi connectivity index (χ2n) is 2.80. The van der Waals surface area contributed by atoms with Crippen LogP contribution in [0.1, 0.15) is 25.7 Å². The van der Waals surface area contributed by atoms with Gasteiger partial charge in [0, 0.05) is 6.42 Å². The Kier molecular flexibility index (Phi) is 1.95. The average molecular weight is 158 g/mol. The lowest BCUT2D eigenvalue weighted by Gasteiger charge is -2.25. The number of aliphatic hydroxyl groups is 1. The minimum atomic E-state index is -2.09. The molecule has 0 aliphatic heterocycles. The molecule has 0 amide bonds. The first-order valence-electron chi connectivity index (χ1n) is 3.56. The van der Waals surface area contributed by atoms with Crippen molar-refractivity contribution >= 4 is 11.8 Å². The van der Waals surface area contributed by atoms with Gasteiger partial charge in [-0.2, -0.15) is 0 Å². The molecule has 1 aliphatic carbocycles. The number of carbonyl (C=O) groups is 2. The molecule has 4 nitrogen and oxygen atoms in total. The molecular formula is C7H10O4. The Morgan fingerprint density at radius 3 is 2.45 bits per heavy atom. The third-order valence-corrected chi connectivity index (χ3v) is 2.01. The van der Waals surface area contributed by atoms with Crippen LogP contribution in [0.4, 0.5) is 0 Å². The van der Waals surface area contributed by atoms with Crippen molar-refractivity contribution in [2.24, 2.45) is 0 Å². The van der Waals surface area contributed by atoms with Crippen molar-refractivity contribution in [3.05, 3.63) is 0 Å². The van der Waals surface area contributed by atoms with Gasteiger partial charge in [0.1, 0.15) is 0 Å². The zero-order valence-corrected chi connectivity index (χ0v) is 6.04. The smallest absolute Gasteiger partial charge is 0.343 e. The minimum absolute atomic E-state index is 0.0567. The van der Waals surface area contributed by atoms with E-state index in [4.69, 9.17) is 5.11 Å². The van der Waals surface area contributed by atoms with E-state index in [1.165, 1.54) is 0 Å². The molecule has 1 fully saturated rings. The van der Waals surface area contributed by atoms with Gasteiger partial charge in [-0.05, 0) is 19.3 Å². The lowest BCUT2D eigenvalue weighted by Crippen LogP contribution is -2.48. The number of ketones is 1. The van der Waals surface area contributed by atoms with Crippen LogP contribution in [0.2, 0.25) is 0 Å². The number of hydrogen-bond donors (Lipinski definition) is 2. The molecule has 0 aromatic heterocycles. The highest BCUT2D eigenvalue weighted by Crippen LogP contribution is 2.24. The molecule has 1 aliphatic rings. The molecule has 0 aromatic carbocycles. The van der Waals surface area contributed by atoms with Gasteiger partial charge >= 0.3 is 5.97 Å². The van der Waals surface area contributed by atoms with Crippen molar-refractivity contribution in [2.75, 3.05) is 0 Å². The SMILES string of the molecule is O=C(O)C1(O)CCCCC1=O. The van der Waals surface area contributed by atoms with E-state index < -0.39 is 17.4 Å². The van der Waals surface area contributed by atoms with Gasteiger partial charge in [-0.25, -0.2) is 4.79 Å². The molecule has 2 N–H and O–H groups in total. The van der Waals surface area contributed by atoms with Gasteiger partial charge in [-0.3, -0.25) is 4.79 Å². The topological polar surface area (TPSA) is 74.6 Å². The van der Waals surface area contributed by atoms with Crippen LogP contribution in [0, 0.1) is 0 Å². The van der Waals surface area contributed by atoms with Gasteiger partial charge in [-0.15, -0.1) is 0 Å². The maximum Gasteiger partial charge on any atom is 0.343 e. The number of carboxylic acids is 1. The van der Waals surface area contributed by atoms with Crippen molar-refractivity contribution in [3.63, 3.8) is 0 Å². The van der Waals surface area contributed by atoms with E-state index in [1.807, 2.05) is 0 Å². The Labute approximate surface area is 63.8 Å². The van der Waals surface area contributed by atoms with Gasteiger partial charge in [0.05, 0.1) is 0 Å². The summed E-state index contributed by atoms with van der Waals surface area (Å²) in [6.07, 6.45) is 1.53. The molecule has 0 bridgehead atoms. The molecule has 4 heteroatoms. The number of hydrogen-bond acceptors (Lipinski definition) is 3. The lowest BCUT2D eigenvalue weighted by atomic mass is 9.84. The van der Waals surface area contributed by atoms with Crippen molar-refractivity contribution < 1.29 is 19.8 Å². The van der Waals surface area contributed by atoms with E-state index >= 15 is 0 Å². The molecule has 0 saturated heterocycles. The Morgan fingerprint density at radius 2 is 2.09 bits per heavy atom. The molecule has 0 aromatic rings. The van der Waals surface area contributed by atoms with Crippen LogP contribution in [0.3, 0.4) is 0 Å². The van der Waals surface area contributed by atoms with Crippen LogP contribution in [0.15, 0.2) is 0 Å². The maximum atomic E-state index is 10.9.